The van der Waals surface area contributed by atoms with E-state index >= 15 is 0 Å². The summed E-state index contributed by atoms with van der Waals surface area (Å²) in [6.07, 6.45) is 0.909. The summed E-state index contributed by atoms with van der Waals surface area (Å²) >= 11 is 0. The van der Waals surface area contributed by atoms with Gasteiger partial charge in [0.1, 0.15) is 0 Å². The van der Waals surface area contributed by atoms with Gasteiger partial charge in [0.2, 0.25) is 5.91 Å². The lowest BCUT2D eigenvalue weighted by Crippen LogP contribution is -2.29. The summed E-state index contributed by atoms with van der Waals surface area (Å²) < 4.78 is 0. The lowest BCUT2D eigenvalue weighted by molar-refractivity contribution is -0.123. The molecule has 0 unspecified atom stereocenters. The van der Waals surface area contributed by atoms with Crippen molar-refractivity contribution in [3.05, 3.63) is 71.8 Å². The molecule has 0 saturated carbocycles. The Balaban J connectivity index is 2.09. The zero-order chi connectivity index (χ0) is 15.1. The van der Waals surface area contributed by atoms with Crippen LogP contribution in [-0.4, -0.2) is 12.5 Å². The summed E-state index contributed by atoms with van der Waals surface area (Å²) in [5.41, 5.74) is 2.59. The van der Waals surface area contributed by atoms with Gasteiger partial charge in [-0.25, -0.2) is 0 Å². The Morgan fingerprint density at radius 1 is 0.905 bits per heavy atom. The molecule has 0 saturated heterocycles. The van der Waals surface area contributed by atoms with Crippen molar-refractivity contribution in [3.8, 4) is 0 Å². The first kappa shape index (κ1) is 15.3. The molecular formula is C19H23NO. The van der Waals surface area contributed by atoms with Gasteiger partial charge in [0.15, 0.2) is 0 Å². The molecule has 2 heteroatoms. The minimum atomic E-state index is 0.0388. The van der Waals surface area contributed by atoms with E-state index in [0.29, 0.717) is 12.5 Å². The molecule has 0 aliphatic carbocycles. The van der Waals surface area contributed by atoms with Crippen molar-refractivity contribution in [1.82, 2.24) is 5.32 Å². The number of hydrogen-bond donors (Lipinski definition) is 1. The van der Waals surface area contributed by atoms with Gasteiger partial charge in [-0.3, -0.25) is 4.79 Å². The molecule has 0 aliphatic rings. The van der Waals surface area contributed by atoms with Crippen LogP contribution in [0, 0.1) is 5.92 Å². The zero-order valence-electron chi connectivity index (χ0n) is 12.8. The predicted molar refractivity (Wildman–Crippen MR) is 87.2 cm³/mol. The molecule has 0 spiro atoms. The maximum absolute atomic E-state index is 11.7. The molecule has 0 atom stereocenters. The molecular weight excluding hydrogens is 258 g/mol. The van der Waals surface area contributed by atoms with E-state index in [0.717, 1.165) is 6.42 Å². The zero-order valence-corrected chi connectivity index (χ0v) is 12.8. The quantitative estimate of drug-likeness (QED) is 0.852. The lowest BCUT2D eigenvalue weighted by Gasteiger charge is -2.19. The maximum atomic E-state index is 11.7. The minimum absolute atomic E-state index is 0.0388. The molecule has 2 nitrogen and oxygen atoms in total. The summed E-state index contributed by atoms with van der Waals surface area (Å²) in [5.74, 6) is 0.478. The first-order valence-electron chi connectivity index (χ1n) is 7.56. The van der Waals surface area contributed by atoms with Gasteiger partial charge >= 0.3 is 0 Å². The van der Waals surface area contributed by atoms with Gasteiger partial charge in [0.25, 0.3) is 0 Å². The molecule has 1 N–H and O–H groups in total. The van der Waals surface area contributed by atoms with Crippen LogP contribution in [0.1, 0.15) is 37.3 Å². The standard InChI is InChI=1S/C19H23NO/c1-15(2)19(21)20-14-13-18(16-9-5-3-6-10-16)17-11-7-4-8-12-17/h3-12,15,18H,13-14H2,1-2H3,(H,20,21). The Bertz CT molecular complexity index is 509. The number of rotatable bonds is 6. The van der Waals surface area contributed by atoms with Crippen molar-refractivity contribution in [3.63, 3.8) is 0 Å². The van der Waals surface area contributed by atoms with Crippen LogP contribution >= 0.6 is 0 Å². The highest BCUT2D eigenvalue weighted by atomic mass is 16.1. The van der Waals surface area contributed by atoms with Gasteiger partial charge in [-0.15, -0.1) is 0 Å². The van der Waals surface area contributed by atoms with Crippen LogP contribution in [-0.2, 0) is 4.79 Å². The number of nitrogens with one attached hydrogen (secondary N) is 1. The number of amides is 1. The molecule has 0 radical (unpaired) electrons. The van der Waals surface area contributed by atoms with Gasteiger partial charge in [0, 0.05) is 18.4 Å². The Morgan fingerprint density at radius 3 is 1.81 bits per heavy atom. The second-order valence-corrected chi connectivity index (χ2v) is 5.61. The highest BCUT2D eigenvalue weighted by molar-refractivity contribution is 5.77. The Kier molecular flexibility index (Phi) is 5.56. The van der Waals surface area contributed by atoms with E-state index in [1.165, 1.54) is 11.1 Å². The number of carbonyl (C=O) groups excluding carboxylic acids is 1. The van der Waals surface area contributed by atoms with E-state index in [2.05, 4.69) is 53.8 Å². The molecule has 2 rings (SSSR count). The largest absolute Gasteiger partial charge is 0.356 e. The van der Waals surface area contributed by atoms with Crippen molar-refractivity contribution in [2.45, 2.75) is 26.2 Å². The van der Waals surface area contributed by atoms with Gasteiger partial charge < -0.3 is 5.32 Å². The maximum Gasteiger partial charge on any atom is 0.222 e. The fraction of sp³-hybridized carbons (Fsp3) is 0.316. The third-order valence-corrected chi connectivity index (χ3v) is 3.66. The molecule has 110 valence electrons. The summed E-state index contributed by atoms with van der Waals surface area (Å²) in [6.45, 7) is 4.54. The van der Waals surface area contributed by atoms with Crippen molar-refractivity contribution in [1.29, 1.82) is 0 Å². The second kappa shape index (κ2) is 7.63. The van der Waals surface area contributed by atoms with Crippen molar-refractivity contribution < 1.29 is 4.79 Å². The van der Waals surface area contributed by atoms with Crippen molar-refractivity contribution in [2.24, 2.45) is 5.92 Å². The SMILES string of the molecule is CC(C)C(=O)NCCC(c1ccccc1)c1ccccc1. The second-order valence-electron chi connectivity index (χ2n) is 5.61. The number of hydrogen-bond acceptors (Lipinski definition) is 1. The van der Waals surface area contributed by atoms with Crippen LogP contribution in [0.25, 0.3) is 0 Å². The predicted octanol–water partition coefficient (Wildman–Crippen LogP) is 3.98. The molecule has 0 bridgehead atoms. The molecule has 21 heavy (non-hydrogen) atoms. The minimum Gasteiger partial charge on any atom is -0.356 e. The van der Waals surface area contributed by atoms with E-state index < -0.39 is 0 Å². The van der Waals surface area contributed by atoms with Crippen molar-refractivity contribution in [2.75, 3.05) is 6.54 Å². The molecule has 0 aromatic heterocycles. The smallest absolute Gasteiger partial charge is 0.222 e. The van der Waals surface area contributed by atoms with Gasteiger partial charge in [-0.2, -0.15) is 0 Å². The van der Waals surface area contributed by atoms with Crippen LogP contribution in [0.3, 0.4) is 0 Å². The van der Waals surface area contributed by atoms with E-state index in [4.69, 9.17) is 0 Å². The Labute approximate surface area is 127 Å². The first-order chi connectivity index (χ1) is 10.2. The highest BCUT2D eigenvalue weighted by Crippen LogP contribution is 2.27. The van der Waals surface area contributed by atoms with E-state index in [9.17, 15) is 4.79 Å². The lowest BCUT2D eigenvalue weighted by atomic mass is 9.88. The Hall–Kier alpha value is -2.09. The fourth-order valence-electron chi connectivity index (χ4n) is 2.44. The van der Waals surface area contributed by atoms with Gasteiger partial charge in [-0.1, -0.05) is 74.5 Å². The molecule has 0 heterocycles. The average Bonchev–Trinajstić information content (AvgIpc) is 2.53. The van der Waals surface area contributed by atoms with Crippen LogP contribution in [0.15, 0.2) is 60.7 Å². The first-order valence-corrected chi connectivity index (χ1v) is 7.56. The van der Waals surface area contributed by atoms with Gasteiger partial charge in [0.05, 0.1) is 0 Å². The monoisotopic (exact) mass is 281 g/mol. The van der Waals surface area contributed by atoms with Crippen molar-refractivity contribution >= 4 is 5.91 Å². The summed E-state index contributed by atoms with van der Waals surface area (Å²) in [5, 5.41) is 3.01. The fourth-order valence-corrected chi connectivity index (χ4v) is 2.44. The molecule has 2 aromatic carbocycles. The highest BCUT2D eigenvalue weighted by Gasteiger charge is 2.14. The normalized spacial score (nSPS) is 10.9. The molecule has 0 fully saturated rings. The van der Waals surface area contributed by atoms with Crippen LogP contribution in [0.5, 0.6) is 0 Å². The Morgan fingerprint density at radius 2 is 1.38 bits per heavy atom. The van der Waals surface area contributed by atoms with E-state index in [1.54, 1.807) is 0 Å². The van der Waals surface area contributed by atoms with Crippen LogP contribution in [0.4, 0.5) is 0 Å². The average molecular weight is 281 g/mol. The molecule has 2 aromatic rings. The van der Waals surface area contributed by atoms with E-state index in [1.807, 2.05) is 26.0 Å². The van der Waals surface area contributed by atoms with Gasteiger partial charge in [-0.05, 0) is 17.5 Å². The molecule has 1 amide bonds. The number of carbonyl (C=O) groups is 1. The van der Waals surface area contributed by atoms with Crippen LogP contribution < -0.4 is 5.32 Å². The topological polar surface area (TPSA) is 29.1 Å². The van der Waals surface area contributed by atoms with E-state index in [-0.39, 0.29) is 11.8 Å². The molecule has 0 aliphatic heterocycles. The summed E-state index contributed by atoms with van der Waals surface area (Å²) in [6, 6.07) is 21.0. The number of benzene rings is 2. The summed E-state index contributed by atoms with van der Waals surface area (Å²) in [4.78, 5) is 11.7. The van der Waals surface area contributed by atoms with Crippen LogP contribution in [0.2, 0.25) is 0 Å². The third-order valence-electron chi connectivity index (χ3n) is 3.66. The third kappa shape index (κ3) is 4.45. The summed E-state index contributed by atoms with van der Waals surface area (Å²) in [7, 11) is 0.